The average Bonchev–Trinajstić information content (AvgIpc) is 3.04. The van der Waals surface area contributed by atoms with E-state index >= 15 is 0 Å². The number of hydrogen-bond acceptors (Lipinski definition) is 4. The molecule has 2 aromatic carbocycles. The van der Waals surface area contributed by atoms with Gasteiger partial charge in [-0.05, 0) is 25.0 Å². The lowest BCUT2D eigenvalue weighted by Crippen LogP contribution is -2.14. The van der Waals surface area contributed by atoms with Crippen LogP contribution in [0.1, 0.15) is 22.5 Å². The van der Waals surface area contributed by atoms with Gasteiger partial charge in [0, 0.05) is 23.2 Å². The van der Waals surface area contributed by atoms with E-state index in [2.05, 4.69) is 24.3 Å². The third kappa shape index (κ3) is 3.89. The van der Waals surface area contributed by atoms with E-state index in [4.69, 9.17) is 15.8 Å². The minimum atomic E-state index is -0.351. The van der Waals surface area contributed by atoms with Crippen LogP contribution < -0.4 is 5.73 Å². The number of rotatable bonds is 6. The molecule has 5 nitrogen and oxygen atoms in total. The van der Waals surface area contributed by atoms with Crippen LogP contribution in [0.4, 0.5) is 0 Å². The first-order valence-corrected chi connectivity index (χ1v) is 10.4. The number of aromatic nitrogens is 3. The lowest BCUT2D eigenvalue weighted by atomic mass is 10.0. The van der Waals surface area contributed by atoms with E-state index in [0.29, 0.717) is 0 Å². The number of aryl methyl sites for hydroxylation is 2. The maximum atomic E-state index is 11.5. The summed E-state index contributed by atoms with van der Waals surface area (Å²) in [7, 11) is 0. The van der Waals surface area contributed by atoms with Crippen LogP contribution in [0.5, 0.6) is 0 Å². The molecule has 0 atom stereocenters. The molecule has 0 aliphatic carbocycles. The predicted molar refractivity (Wildman–Crippen MR) is 117 cm³/mol. The van der Waals surface area contributed by atoms with E-state index in [1.807, 2.05) is 54.8 Å². The van der Waals surface area contributed by atoms with Crippen molar-refractivity contribution in [3.05, 3.63) is 83.2 Å². The third-order valence-corrected chi connectivity index (χ3v) is 5.96. The molecule has 2 N–H and O–H groups in total. The van der Waals surface area contributed by atoms with Crippen LogP contribution in [0.3, 0.4) is 0 Å². The van der Waals surface area contributed by atoms with Gasteiger partial charge in [0.2, 0.25) is 5.91 Å². The Bertz CT molecular complexity index is 1170. The molecule has 29 heavy (non-hydrogen) atoms. The first kappa shape index (κ1) is 19.2. The molecule has 2 aromatic heterocycles. The van der Waals surface area contributed by atoms with Gasteiger partial charge < -0.3 is 5.73 Å². The normalized spacial score (nSPS) is 11.1. The van der Waals surface area contributed by atoms with Gasteiger partial charge in [0.1, 0.15) is 5.03 Å². The minimum absolute atomic E-state index is 0.194. The SMILES string of the molecule is Cc1nc2c(-c3ccccc3)c(C)nn2c(SCC(N)=O)c1Cc1ccccc1. The Balaban J connectivity index is 1.92. The number of hydrogen-bond donors (Lipinski definition) is 1. The van der Waals surface area contributed by atoms with E-state index < -0.39 is 0 Å². The first-order chi connectivity index (χ1) is 14.0. The smallest absolute Gasteiger partial charge is 0.227 e. The quantitative estimate of drug-likeness (QED) is 0.388. The summed E-state index contributed by atoms with van der Waals surface area (Å²) in [6, 6.07) is 20.4. The standard InChI is InChI=1S/C23H22N4OS/c1-15-19(13-17-9-5-3-6-10-17)23(29-14-20(24)28)27-22(25-15)21(16(2)26-27)18-11-7-4-8-12-18/h3-12H,13-14H2,1-2H3,(H2,24,28). The van der Waals surface area contributed by atoms with Gasteiger partial charge in [-0.15, -0.1) is 0 Å². The zero-order chi connectivity index (χ0) is 20.4. The molecular formula is C23H22N4OS. The fourth-order valence-electron chi connectivity index (χ4n) is 3.50. The molecule has 0 saturated carbocycles. The molecule has 0 radical (unpaired) electrons. The Hall–Kier alpha value is -3.12. The van der Waals surface area contributed by atoms with Gasteiger partial charge in [0.25, 0.3) is 0 Å². The van der Waals surface area contributed by atoms with Crippen LogP contribution in [-0.2, 0) is 11.2 Å². The summed E-state index contributed by atoms with van der Waals surface area (Å²) >= 11 is 1.42. The highest BCUT2D eigenvalue weighted by Gasteiger charge is 2.20. The van der Waals surface area contributed by atoms with Crippen molar-refractivity contribution in [2.45, 2.75) is 25.3 Å². The molecule has 0 unspecified atom stereocenters. The summed E-state index contributed by atoms with van der Waals surface area (Å²) < 4.78 is 1.87. The van der Waals surface area contributed by atoms with Crippen molar-refractivity contribution in [3.63, 3.8) is 0 Å². The highest BCUT2D eigenvalue weighted by atomic mass is 32.2. The minimum Gasteiger partial charge on any atom is -0.369 e. The number of thioether (sulfide) groups is 1. The Morgan fingerprint density at radius 3 is 2.31 bits per heavy atom. The zero-order valence-electron chi connectivity index (χ0n) is 16.4. The molecule has 0 fully saturated rings. The number of benzene rings is 2. The van der Waals surface area contributed by atoms with Crippen LogP contribution in [0, 0.1) is 13.8 Å². The molecule has 4 rings (SSSR count). The highest BCUT2D eigenvalue weighted by Crippen LogP contribution is 2.33. The predicted octanol–water partition coefficient (Wildman–Crippen LogP) is 4.18. The fourth-order valence-corrected chi connectivity index (χ4v) is 4.43. The monoisotopic (exact) mass is 402 g/mol. The number of primary amides is 1. The molecule has 0 bridgehead atoms. The molecular weight excluding hydrogens is 380 g/mol. The van der Waals surface area contributed by atoms with E-state index in [1.165, 1.54) is 17.3 Å². The van der Waals surface area contributed by atoms with Crippen LogP contribution in [0.15, 0.2) is 65.7 Å². The molecule has 2 heterocycles. The lowest BCUT2D eigenvalue weighted by molar-refractivity contribution is -0.115. The van der Waals surface area contributed by atoms with Gasteiger partial charge in [-0.2, -0.15) is 5.10 Å². The van der Waals surface area contributed by atoms with Crippen molar-refractivity contribution in [2.24, 2.45) is 5.73 Å². The first-order valence-electron chi connectivity index (χ1n) is 9.44. The van der Waals surface area contributed by atoms with Gasteiger partial charge >= 0.3 is 0 Å². The molecule has 146 valence electrons. The Morgan fingerprint density at radius 2 is 1.66 bits per heavy atom. The van der Waals surface area contributed by atoms with Crippen molar-refractivity contribution in [3.8, 4) is 11.1 Å². The summed E-state index contributed by atoms with van der Waals surface area (Å²) in [6.07, 6.45) is 0.719. The third-order valence-electron chi connectivity index (χ3n) is 4.83. The van der Waals surface area contributed by atoms with Crippen molar-refractivity contribution in [1.82, 2.24) is 14.6 Å². The van der Waals surface area contributed by atoms with Gasteiger partial charge in [-0.1, -0.05) is 72.4 Å². The van der Waals surface area contributed by atoms with E-state index in [1.54, 1.807) is 0 Å². The second-order valence-corrected chi connectivity index (χ2v) is 7.92. The van der Waals surface area contributed by atoms with Crippen molar-refractivity contribution in [2.75, 3.05) is 5.75 Å². The molecule has 0 saturated heterocycles. The number of carbonyl (C=O) groups excluding carboxylic acids is 1. The molecule has 6 heteroatoms. The van der Waals surface area contributed by atoms with Crippen LogP contribution in [-0.4, -0.2) is 26.3 Å². The van der Waals surface area contributed by atoms with E-state index in [-0.39, 0.29) is 11.7 Å². The largest absolute Gasteiger partial charge is 0.369 e. The summed E-state index contributed by atoms with van der Waals surface area (Å²) in [6.45, 7) is 4.01. The number of carbonyl (C=O) groups is 1. The maximum absolute atomic E-state index is 11.5. The highest BCUT2D eigenvalue weighted by molar-refractivity contribution is 8.00. The van der Waals surface area contributed by atoms with Crippen molar-refractivity contribution >= 4 is 23.3 Å². The second kappa shape index (κ2) is 8.09. The molecule has 4 aromatic rings. The molecule has 0 aliphatic heterocycles. The Labute approximate surface area is 174 Å². The summed E-state index contributed by atoms with van der Waals surface area (Å²) in [5.41, 5.74) is 12.4. The van der Waals surface area contributed by atoms with Gasteiger partial charge in [-0.25, -0.2) is 9.50 Å². The summed E-state index contributed by atoms with van der Waals surface area (Å²) in [5, 5.41) is 5.71. The number of nitrogens with zero attached hydrogens (tertiary/aromatic N) is 3. The van der Waals surface area contributed by atoms with E-state index in [9.17, 15) is 4.79 Å². The zero-order valence-corrected chi connectivity index (χ0v) is 17.2. The van der Waals surface area contributed by atoms with Crippen LogP contribution >= 0.6 is 11.8 Å². The van der Waals surface area contributed by atoms with Gasteiger partial charge in [-0.3, -0.25) is 4.79 Å². The molecule has 1 amide bonds. The lowest BCUT2D eigenvalue weighted by Gasteiger charge is -2.14. The van der Waals surface area contributed by atoms with Crippen LogP contribution in [0.25, 0.3) is 16.8 Å². The summed E-state index contributed by atoms with van der Waals surface area (Å²) in [5.74, 6) is -0.157. The Kier molecular flexibility index (Phi) is 5.36. The van der Waals surface area contributed by atoms with Crippen molar-refractivity contribution < 1.29 is 4.79 Å². The number of fused-ring (bicyclic) bond motifs is 1. The molecule has 0 aliphatic rings. The topological polar surface area (TPSA) is 73.3 Å². The molecule has 0 spiro atoms. The average molecular weight is 403 g/mol. The van der Waals surface area contributed by atoms with Gasteiger partial charge in [0.05, 0.1) is 11.4 Å². The summed E-state index contributed by atoms with van der Waals surface area (Å²) in [4.78, 5) is 16.4. The van der Waals surface area contributed by atoms with Crippen molar-refractivity contribution in [1.29, 1.82) is 0 Å². The van der Waals surface area contributed by atoms with Crippen LogP contribution in [0.2, 0.25) is 0 Å². The maximum Gasteiger partial charge on any atom is 0.227 e. The van der Waals surface area contributed by atoms with Gasteiger partial charge in [0.15, 0.2) is 5.65 Å². The number of nitrogens with two attached hydrogens (primary N) is 1. The number of amides is 1. The Morgan fingerprint density at radius 1 is 1.00 bits per heavy atom. The second-order valence-electron chi connectivity index (χ2n) is 6.96. The fraction of sp³-hybridized carbons (Fsp3) is 0.174. The van der Waals surface area contributed by atoms with E-state index in [0.717, 1.165) is 45.2 Å².